The van der Waals surface area contributed by atoms with Gasteiger partial charge >= 0.3 is 0 Å². The summed E-state index contributed by atoms with van der Waals surface area (Å²) in [6.45, 7) is 2.54. The lowest BCUT2D eigenvalue weighted by Crippen LogP contribution is -2.23. The van der Waals surface area contributed by atoms with Crippen LogP contribution in [0.1, 0.15) is 24.4 Å². The van der Waals surface area contributed by atoms with Gasteiger partial charge in [0.05, 0.1) is 6.04 Å². The van der Waals surface area contributed by atoms with Gasteiger partial charge in [0.1, 0.15) is 17.8 Å². The Hall–Kier alpha value is -2.47. The SMILES string of the molecule is C[C@H](c1ccon1)N(C)Cc1cc(=O)c2cc(F)ccc2[nH]1. The van der Waals surface area contributed by atoms with Crippen LogP contribution in [0.25, 0.3) is 10.9 Å². The molecule has 3 rings (SSSR count). The molecule has 1 atom stereocenters. The topological polar surface area (TPSA) is 62.1 Å². The lowest BCUT2D eigenvalue weighted by atomic mass is 10.1. The summed E-state index contributed by atoms with van der Waals surface area (Å²) in [5.74, 6) is -0.414. The number of aromatic amines is 1. The summed E-state index contributed by atoms with van der Waals surface area (Å²) in [5, 5.41) is 4.28. The van der Waals surface area contributed by atoms with Gasteiger partial charge in [-0.2, -0.15) is 0 Å². The van der Waals surface area contributed by atoms with Crippen LogP contribution in [0.5, 0.6) is 0 Å². The van der Waals surface area contributed by atoms with E-state index in [1.54, 1.807) is 6.07 Å². The average Bonchev–Trinajstić information content (AvgIpc) is 3.01. The zero-order chi connectivity index (χ0) is 15.7. The van der Waals surface area contributed by atoms with Gasteiger partial charge in [0.2, 0.25) is 0 Å². The van der Waals surface area contributed by atoms with Crippen molar-refractivity contribution in [1.82, 2.24) is 15.0 Å². The minimum absolute atomic E-state index is 0.0474. The summed E-state index contributed by atoms with van der Waals surface area (Å²) in [6, 6.07) is 7.53. The van der Waals surface area contributed by atoms with Gasteiger partial charge in [-0.1, -0.05) is 5.16 Å². The van der Waals surface area contributed by atoms with E-state index in [1.165, 1.54) is 24.5 Å². The maximum atomic E-state index is 13.2. The Morgan fingerprint density at radius 1 is 1.36 bits per heavy atom. The third kappa shape index (κ3) is 2.78. The van der Waals surface area contributed by atoms with E-state index in [2.05, 4.69) is 10.1 Å². The first kappa shape index (κ1) is 14.5. The van der Waals surface area contributed by atoms with Gasteiger partial charge in [-0.25, -0.2) is 4.39 Å². The van der Waals surface area contributed by atoms with Crippen molar-refractivity contribution >= 4 is 10.9 Å². The number of fused-ring (bicyclic) bond motifs is 1. The number of rotatable bonds is 4. The Labute approximate surface area is 126 Å². The van der Waals surface area contributed by atoms with Gasteiger partial charge in [0.15, 0.2) is 5.43 Å². The number of nitrogens with one attached hydrogen (secondary N) is 1. The van der Waals surface area contributed by atoms with E-state index in [0.717, 1.165) is 11.4 Å². The van der Waals surface area contributed by atoms with Crippen LogP contribution in [0.3, 0.4) is 0 Å². The van der Waals surface area contributed by atoms with Crippen molar-refractivity contribution in [2.75, 3.05) is 7.05 Å². The number of hydrogen-bond acceptors (Lipinski definition) is 4. The molecule has 114 valence electrons. The minimum atomic E-state index is -0.414. The van der Waals surface area contributed by atoms with Gasteiger partial charge in [-0.05, 0) is 32.2 Å². The molecule has 0 aliphatic heterocycles. The molecule has 0 unspecified atom stereocenters. The molecule has 1 N–H and O–H groups in total. The van der Waals surface area contributed by atoms with Crippen molar-refractivity contribution in [3.63, 3.8) is 0 Å². The molecule has 5 nitrogen and oxygen atoms in total. The molecule has 0 radical (unpaired) electrons. The van der Waals surface area contributed by atoms with E-state index in [1.807, 2.05) is 24.9 Å². The predicted octanol–water partition coefficient (Wildman–Crippen LogP) is 2.85. The molecule has 0 saturated carbocycles. The van der Waals surface area contributed by atoms with Gasteiger partial charge in [-0.15, -0.1) is 0 Å². The van der Waals surface area contributed by atoms with Gasteiger partial charge in [0.25, 0.3) is 0 Å². The fourth-order valence-corrected chi connectivity index (χ4v) is 2.43. The molecule has 2 aromatic heterocycles. The number of H-pyrrole nitrogens is 1. The van der Waals surface area contributed by atoms with E-state index in [4.69, 9.17) is 4.52 Å². The first-order valence-corrected chi connectivity index (χ1v) is 6.96. The second kappa shape index (κ2) is 5.73. The van der Waals surface area contributed by atoms with Crippen molar-refractivity contribution in [3.8, 4) is 0 Å². The zero-order valence-corrected chi connectivity index (χ0v) is 12.3. The monoisotopic (exact) mass is 301 g/mol. The van der Waals surface area contributed by atoms with Crippen LogP contribution in [0.2, 0.25) is 0 Å². The predicted molar refractivity (Wildman–Crippen MR) is 80.9 cm³/mol. The molecule has 0 amide bonds. The quantitative estimate of drug-likeness (QED) is 0.805. The molecule has 2 heterocycles. The van der Waals surface area contributed by atoms with E-state index in [0.29, 0.717) is 17.4 Å². The van der Waals surface area contributed by atoms with Crippen LogP contribution < -0.4 is 5.43 Å². The van der Waals surface area contributed by atoms with Crippen LogP contribution in [-0.4, -0.2) is 22.1 Å². The second-order valence-corrected chi connectivity index (χ2v) is 5.36. The first-order valence-electron chi connectivity index (χ1n) is 6.96. The van der Waals surface area contributed by atoms with Crippen molar-refractivity contribution in [2.24, 2.45) is 0 Å². The van der Waals surface area contributed by atoms with Gasteiger partial charge in [-0.3, -0.25) is 9.69 Å². The van der Waals surface area contributed by atoms with Crippen LogP contribution >= 0.6 is 0 Å². The smallest absolute Gasteiger partial charge is 0.189 e. The number of benzene rings is 1. The van der Waals surface area contributed by atoms with E-state index in [-0.39, 0.29) is 11.5 Å². The summed E-state index contributed by atoms with van der Waals surface area (Å²) in [5.41, 5.74) is 2.03. The average molecular weight is 301 g/mol. The standard InChI is InChI=1S/C16H16FN3O2/c1-10(14-5-6-22-19-14)20(2)9-12-8-16(21)13-7-11(17)3-4-15(13)18-12/h3-8,10H,9H2,1-2H3,(H,18,21)/t10-/m1/s1. The molecule has 1 aromatic carbocycles. The molecule has 0 aliphatic carbocycles. The van der Waals surface area contributed by atoms with Gasteiger partial charge in [0, 0.05) is 35.3 Å². The zero-order valence-electron chi connectivity index (χ0n) is 12.3. The lowest BCUT2D eigenvalue weighted by Gasteiger charge is -2.22. The highest BCUT2D eigenvalue weighted by atomic mass is 19.1. The third-order valence-electron chi connectivity index (χ3n) is 3.81. The van der Waals surface area contributed by atoms with Crippen LogP contribution in [0, 0.1) is 5.82 Å². The Morgan fingerprint density at radius 3 is 2.91 bits per heavy atom. The molecule has 0 bridgehead atoms. The Bertz CT molecular complexity index is 842. The number of hydrogen-bond donors (Lipinski definition) is 1. The van der Waals surface area contributed by atoms with Crippen molar-refractivity contribution in [3.05, 3.63) is 64.0 Å². The lowest BCUT2D eigenvalue weighted by molar-refractivity contribution is 0.238. The van der Waals surface area contributed by atoms with Crippen LogP contribution in [0.4, 0.5) is 4.39 Å². The highest BCUT2D eigenvalue weighted by Gasteiger charge is 2.15. The van der Waals surface area contributed by atoms with Crippen LogP contribution in [0.15, 0.2) is 45.9 Å². The molecule has 0 aliphatic rings. The molecular weight excluding hydrogens is 285 g/mol. The summed E-state index contributed by atoms with van der Waals surface area (Å²) in [7, 11) is 1.94. The highest BCUT2D eigenvalue weighted by molar-refractivity contribution is 5.78. The van der Waals surface area contributed by atoms with E-state index < -0.39 is 5.82 Å². The molecule has 6 heteroatoms. The van der Waals surface area contributed by atoms with E-state index >= 15 is 0 Å². The second-order valence-electron chi connectivity index (χ2n) is 5.36. The number of aromatic nitrogens is 2. The van der Waals surface area contributed by atoms with Crippen molar-refractivity contribution in [1.29, 1.82) is 0 Å². The maximum Gasteiger partial charge on any atom is 0.189 e. The molecule has 0 spiro atoms. The fraction of sp³-hybridized carbons (Fsp3) is 0.250. The number of pyridine rings is 1. The molecule has 22 heavy (non-hydrogen) atoms. The summed E-state index contributed by atoms with van der Waals surface area (Å²) >= 11 is 0. The fourth-order valence-electron chi connectivity index (χ4n) is 2.43. The Morgan fingerprint density at radius 2 is 2.18 bits per heavy atom. The van der Waals surface area contributed by atoms with Crippen molar-refractivity contribution in [2.45, 2.75) is 19.5 Å². The molecule has 3 aromatic rings. The van der Waals surface area contributed by atoms with E-state index in [9.17, 15) is 9.18 Å². The Kier molecular flexibility index (Phi) is 3.77. The summed E-state index contributed by atoms with van der Waals surface area (Å²) in [4.78, 5) is 17.3. The maximum absolute atomic E-state index is 13.2. The third-order valence-corrected chi connectivity index (χ3v) is 3.81. The molecule has 0 saturated heterocycles. The highest BCUT2D eigenvalue weighted by Crippen LogP contribution is 2.19. The summed E-state index contributed by atoms with van der Waals surface area (Å²) in [6.07, 6.45) is 1.53. The minimum Gasteiger partial charge on any atom is -0.364 e. The number of halogens is 1. The number of nitrogens with zero attached hydrogens (tertiary/aromatic N) is 2. The molecular formula is C16H16FN3O2. The normalized spacial score (nSPS) is 12.9. The van der Waals surface area contributed by atoms with Crippen LogP contribution in [-0.2, 0) is 6.54 Å². The van der Waals surface area contributed by atoms with Gasteiger partial charge < -0.3 is 9.51 Å². The largest absolute Gasteiger partial charge is 0.364 e. The first-order chi connectivity index (χ1) is 10.5. The summed E-state index contributed by atoms with van der Waals surface area (Å²) < 4.78 is 18.1. The van der Waals surface area contributed by atoms with Crippen molar-refractivity contribution < 1.29 is 8.91 Å². The molecule has 0 fully saturated rings. The Balaban J connectivity index is 1.88.